The van der Waals surface area contributed by atoms with Gasteiger partial charge in [0.15, 0.2) is 0 Å². The lowest BCUT2D eigenvalue weighted by Gasteiger charge is -2.24. The third kappa shape index (κ3) is 4.95. The van der Waals surface area contributed by atoms with Gasteiger partial charge in [-0.15, -0.1) is 6.58 Å². The van der Waals surface area contributed by atoms with Crippen molar-refractivity contribution in [2.45, 2.75) is 38.2 Å². The van der Waals surface area contributed by atoms with Crippen LogP contribution in [-0.4, -0.2) is 26.2 Å². The fourth-order valence-electron chi connectivity index (χ4n) is 2.04. The molecule has 0 fully saturated rings. The number of aliphatic hydroxyl groups is 1. The zero-order valence-electron chi connectivity index (χ0n) is 12.8. The van der Waals surface area contributed by atoms with E-state index in [0.717, 1.165) is 12.0 Å². The van der Waals surface area contributed by atoms with E-state index >= 15 is 0 Å². The van der Waals surface area contributed by atoms with Gasteiger partial charge in [0.25, 0.3) is 10.1 Å². The van der Waals surface area contributed by atoms with Gasteiger partial charge in [-0.1, -0.05) is 37.6 Å². The molecule has 1 N–H and O–H groups in total. The summed E-state index contributed by atoms with van der Waals surface area (Å²) in [7, 11) is -3.78. The molecule has 0 amide bonds. The highest BCUT2D eigenvalue weighted by Crippen LogP contribution is 2.20. The zero-order chi connectivity index (χ0) is 16.0. The van der Waals surface area contributed by atoms with Crippen LogP contribution >= 0.6 is 0 Å². The fourth-order valence-corrected chi connectivity index (χ4v) is 3.04. The highest BCUT2D eigenvalue weighted by Gasteiger charge is 2.24. The molecule has 0 bridgehead atoms. The predicted octanol–water partition coefficient (Wildman–Crippen LogP) is 2.91. The van der Waals surface area contributed by atoms with Gasteiger partial charge >= 0.3 is 0 Å². The third-order valence-electron chi connectivity index (χ3n) is 3.59. The number of hydrogen-bond acceptors (Lipinski definition) is 4. The van der Waals surface area contributed by atoms with E-state index in [9.17, 15) is 13.5 Å². The lowest BCUT2D eigenvalue weighted by atomic mass is 9.91. The fraction of sp³-hybridized carbons (Fsp3) is 0.500. The second kappa shape index (κ2) is 7.73. The quantitative estimate of drug-likeness (QED) is 0.592. The second-order valence-electron chi connectivity index (χ2n) is 5.33. The molecule has 0 aliphatic rings. The monoisotopic (exact) mass is 312 g/mol. The molecule has 4 nitrogen and oxygen atoms in total. The molecule has 0 spiro atoms. The molecule has 0 aromatic heterocycles. The van der Waals surface area contributed by atoms with Crippen LogP contribution in [0.2, 0.25) is 0 Å². The molecule has 0 saturated heterocycles. The first-order valence-corrected chi connectivity index (χ1v) is 8.49. The Hall–Kier alpha value is -1.17. The van der Waals surface area contributed by atoms with Gasteiger partial charge in [-0.05, 0) is 25.5 Å². The van der Waals surface area contributed by atoms with Gasteiger partial charge in [0.05, 0.1) is 17.6 Å². The molecule has 21 heavy (non-hydrogen) atoms. The smallest absolute Gasteiger partial charge is 0.296 e. The van der Waals surface area contributed by atoms with E-state index in [4.69, 9.17) is 4.18 Å². The van der Waals surface area contributed by atoms with Crippen LogP contribution in [0.5, 0.6) is 0 Å². The van der Waals surface area contributed by atoms with E-state index in [2.05, 4.69) is 6.58 Å². The Labute approximate surface area is 127 Å². The highest BCUT2D eigenvalue weighted by atomic mass is 32.2. The van der Waals surface area contributed by atoms with Gasteiger partial charge in [0, 0.05) is 11.8 Å². The molecular formula is C16H24O4S. The van der Waals surface area contributed by atoms with Crippen molar-refractivity contribution >= 4 is 10.1 Å². The van der Waals surface area contributed by atoms with Crippen LogP contribution in [0.1, 0.15) is 25.8 Å². The van der Waals surface area contributed by atoms with Crippen molar-refractivity contribution in [3.63, 3.8) is 0 Å². The zero-order valence-corrected chi connectivity index (χ0v) is 13.6. The minimum Gasteiger partial charge on any atom is -0.392 e. The Morgan fingerprint density at radius 3 is 2.38 bits per heavy atom. The summed E-state index contributed by atoms with van der Waals surface area (Å²) in [5, 5.41) is 10.1. The molecule has 0 saturated carbocycles. The first kappa shape index (κ1) is 17.9. The molecule has 0 aliphatic carbocycles. The van der Waals surface area contributed by atoms with Crippen molar-refractivity contribution < 1.29 is 17.7 Å². The van der Waals surface area contributed by atoms with Crippen LogP contribution in [0, 0.1) is 18.8 Å². The van der Waals surface area contributed by atoms with Crippen molar-refractivity contribution in [3.05, 3.63) is 42.5 Å². The summed E-state index contributed by atoms with van der Waals surface area (Å²) in [5.41, 5.74) is 0.981. The van der Waals surface area contributed by atoms with Gasteiger partial charge in [0.1, 0.15) is 0 Å². The molecule has 1 aromatic carbocycles. The summed E-state index contributed by atoms with van der Waals surface area (Å²) >= 11 is 0. The van der Waals surface area contributed by atoms with E-state index in [-0.39, 0.29) is 23.3 Å². The van der Waals surface area contributed by atoms with E-state index in [1.54, 1.807) is 25.1 Å². The number of aryl methyl sites for hydroxylation is 1. The SMILES string of the molecule is C=C[C@@H](CC)[C@@H](O)[C@@H](C)COS(=O)(=O)c1ccc(C)cc1. The number of rotatable bonds is 8. The van der Waals surface area contributed by atoms with Gasteiger partial charge in [-0.25, -0.2) is 0 Å². The topological polar surface area (TPSA) is 63.6 Å². The molecule has 0 radical (unpaired) electrons. The molecule has 3 atom stereocenters. The molecule has 0 heterocycles. The van der Waals surface area contributed by atoms with Gasteiger partial charge < -0.3 is 5.11 Å². The average molecular weight is 312 g/mol. The first-order valence-electron chi connectivity index (χ1n) is 7.08. The molecular weight excluding hydrogens is 288 g/mol. The Morgan fingerprint density at radius 1 is 1.33 bits per heavy atom. The number of benzene rings is 1. The molecule has 0 aliphatic heterocycles. The molecule has 1 rings (SSSR count). The molecule has 1 aromatic rings. The van der Waals surface area contributed by atoms with Gasteiger partial charge in [0.2, 0.25) is 0 Å². The maximum Gasteiger partial charge on any atom is 0.296 e. The molecule has 5 heteroatoms. The largest absolute Gasteiger partial charge is 0.392 e. The third-order valence-corrected chi connectivity index (χ3v) is 4.89. The van der Waals surface area contributed by atoms with Crippen LogP contribution in [0.3, 0.4) is 0 Å². The minimum atomic E-state index is -3.78. The summed E-state index contributed by atoms with van der Waals surface area (Å²) < 4.78 is 29.2. The average Bonchev–Trinajstić information content (AvgIpc) is 2.46. The van der Waals surface area contributed by atoms with E-state index in [1.165, 1.54) is 12.1 Å². The van der Waals surface area contributed by atoms with Gasteiger partial charge in [-0.3, -0.25) is 4.18 Å². The Kier molecular flexibility index (Phi) is 6.58. The van der Waals surface area contributed by atoms with Crippen LogP contribution in [0.4, 0.5) is 0 Å². The van der Waals surface area contributed by atoms with Crippen LogP contribution in [0.15, 0.2) is 41.8 Å². The summed E-state index contributed by atoms with van der Waals surface area (Å²) in [6, 6.07) is 6.48. The maximum atomic E-state index is 12.1. The Bertz CT molecular complexity index is 548. The summed E-state index contributed by atoms with van der Waals surface area (Å²) in [5.74, 6) is -0.362. The van der Waals surface area contributed by atoms with Crippen LogP contribution < -0.4 is 0 Å². The van der Waals surface area contributed by atoms with Crippen molar-refractivity contribution in [2.75, 3.05) is 6.61 Å². The number of hydrogen-bond donors (Lipinski definition) is 1. The highest BCUT2D eigenvalue weighted by molar-refractivity contribution is 7.86. The van der Waals surface area contributed by atoms with Gasteiger partial charge in [-0.2, -0.15) is 8.42 Å². The summed E-state index contributed by atoms with van der Waals surface area (Å²) in [6.45, 7) is 9.23. The van der Waals surface area contributed by atoms with Crippen LogP contribution in [0.25, 0.3) is 0 Å². The lowest BCUT2D eigenvalue weighted by molar-refractivity contribution is 0.0521. The second-order valence-corrected chi connectivity index (χ2v) is 6.94. The summed E-state index contributed by atoms with van der Waals surface area (Å²) in [6.07, 6.45) is 1.77. The standard InChI is InChI=1S/C16H24O4S/c1-5-14(6-2)16(17)13(4)11-20-21(18,19)15-9-7-12(3)8-10-15/h5,7-10,13-14,16-17H,1,6,11H2,2-4H3/t13-,14-,16-/m0/s1. The van der Waals surface area contributed by atoms with Crippen molar-refractivity contribution in [1.82, 2.24) is 0 Å². The Morgan fingerprint density at radius 2 is 1.90 bits per heavy atom. The maximum absolute atomic E-state index is 12.1. The van der Waals surface area contributed by atoms with E-state index in [1.807, 2.05) is 13.8 Å². The van der Waals surface area contributed by atoms with Crippen molar-refractivity contribution in [1.29, 1.82) is 0 Å². The predicted molar refractivity (Wildman–Crippen MR) is 83.5 cm³/mol. The van der Waals surface area contributed by atoms with Crippen molar-refractivity contribution in [2.24, 2.45) is 11.8 Å². The van der Waals surface area contributed by atoms with E-state index in [0.29, 0.717) is 0 Å². The normalized spacial score (nSPS) is 16.2. The first-order chi connectivity index (χ1) is 9.81. The number of aliphatic hydroxyl groups excluding tert-OH is 1. The lowest BCUT2D eigenvalue weighted by Crippen LogP contribution is -2.29. The molecule has 0 unspecified atom stereocenters. The Balaban J connectivity index is 2.69. The molecule has 118 valence electrons. The minimum absolute atomic E-state index is 0.0539. The van der Waals surface area contributed by atoms with Crippen LogP contribution in [-0.2, 0) is 14.3 Å². The van der Waals surface area contributed by atoms with Crippen molar-refractivity contribution in [3.8, 4) is 0 Å². The summed E-state index contributed by atoms with van der Waals surface area (Å²) in [4.78, 5) is 0.130. The van der Waals surface area contributed by atoms with E-state index < -0.39 is 16.2 Å².